The largest absolute Gasteiger partial charge is 0.497 e. The van der Waals surface area contributed by atoms with Crippen molar-refractivity contribution in [2.75, 3.05) is 7.11 Å². The van der Waals surface area contributed by atoms with E-state index >= 15 is 0 Å². The van der Waals surface area contributed by atoms with Crippen molar-refractivity contribution in [1.29, 1.82) is 0 Å². The first kappa shape index (κ1) is 12.4. The zero-order valence-corrected chi connectivity index (χ0v) is 10.7. The molecule has 1 saturated carbocycles. The van der Waals surface area contributed by atoms with Crippen LogP contribution in [0.25, 0.3) is 0 Å². The summed E-state index contributed by atoms with van der Waals surface area (Å²) in [7, 11) is 1.66. The molecule has 0 saturated heterocycles. The third kappa shape index (κ3) is 3.01. The van der Waals surface area contributed by atoms with Gasteiger partial charge < -0.3 is 9.84 Å². The van der Waals surface area contributed by atoms with E-state index in [1.807, 2.05) is 24.3 Å². The molecular weight excluding hydrogens is 212 g/mol. The van der Waals surface area contributed by atoms with Crippen LogP contribution in [-0.4, -0.2) is 12.2 Å². The molecule has 1 unspecified atom stereocenters. The van der Waals surface area contributed by atoms with E-state index in [4.69, 9.17) is 4.74 Å². The summed E-state index contributed by atoms with van der Waals surface area (Å²) in [6.45, 7) is 2.30. The first-order valence-electron chi connectivity index (χ1n) is 6.52. The highest BCUT2D eigenvalue weighted by Gasteiger charge is 2.25. The smallest absolute Gasteiger partial charge is 0.118 e. The summed E-state index contributed by atoms with van der Waals surface area (Å²) in [4.78, 5) is 0. The molecule has 1 atom stereocenters. The quantitative estimate of drug-likeness (QED) is 0.866. The van der Waals surface area contributed by atoms with E-state index < -0.39 is 0 Å². The monoisotopic (exact) mass is 234 g/mol. The van der Waals surface area contributed by atoms with Crippen molar-refractivity contribution in [3.05, 3.63) is 29.8 Å². The van der Waals surface area contributed by atoms with E-state index in [0.29, 0.717) is 5.92 Å². The molecule has 1 aliphatic rings. The van der Waals surface area contributed by atoms with Gasteiger partial charge in [-0.3, -0.25) is 0 Å². The van der Waals surface area contributed by atoms with Gasteiger partial charge in [0.25, 0.3) is 0 Å². The normalized spacial score (nSPS) is 26.5. The molecular formula is C15H22O2. The van der Waals surface area contributed by atoms with Crippen molar-refractivity contribution in [2.24, 2.45) is 11.8 Å². The molecule has 2 rings (SSSR count). The SMILES string of the molecule is COc1ccc(C(O)C2CCC(C)CC2)cc1. The molecule has 1 aliphatic carbocycles. The highest BCUT2D eigenvalue weighted by molar-refractivity contribution is 5.28. The minimum absolute atomic E-state index is 0.312. The Bertz CT molecular complexity index is 336. The van der Waals surface area contributed by atoms with E-state index in [2.05, 4.69) is 6.92 Å². The van der Waals surface area contributed by atoms with Gasteiger partial charge in [-0.1, -0.05) is 31.9 Å². The highest BCUT2D eigenvalue weighted by Crippen LogP contribution is 2.36. The van der Waals surface area contributed by atoms with Crippen LogP contribution in [0.1, 0.15) is 44.3 Å². The molecule has 17 heavy (non-hydrogen) atoms. The van der Waals surface area contributed by atoms with Crippen LogP contribution in [0.5, 0.6) is 5.75 Å². The Morgan fingerprint density at radius 2 is 1.71 bits per heavy atom. The van der Waals surface area contributed by atoms with Gasteiger partial charge in [0.1, 0.15) is 5.75 Å². The molecule has 0 radical (unpaired) electrons. The molecule has 1 aromatic rings. The van der Waals surface area contributed by atoms with Gasteiger partial charge in [-0.05, 0) is 42.4 Å². The number of rotatable bonds is 3. The van der Waals surface area contributed by atoms with Gasteiger partial charge >= 0.3 is 0 Å². The standard InChI is InChI=1S/C15H22O2/c1-11-3-5-12(6-4-11)15(16)13-7-9-14(17-2)10-8-13/h7-12,15-16H,3-6H2,1-2H3. The number of hydrogen-bond donors (Lipinski definition) is 1. The van der Waals surface area contributed by atoms with E-state index in [0.717, 1.165) is 30.1 Å². The Hall–Kier alpha value is -1.02. The lowest BCUT2D eigenvalue weighted by atomic mass is 9.78. The minimum atomic E-state index is -0.312. The second-order valence-electron chi connectivity index (χ2n) is 5.24. The first-order valence-corrected chi connectivity index (χ1v) is 6.52. The second kappa shape index (κ2) is 5.54. The summed E-state index contributed by atoms with van der Waals surface area (Å²) in [5, 5.41) is 10.4. The molecule has 1 aromatic carbocycles. The van der Waals surface area contributed by atoms with Crippen LogP contribution in [0.15, 0.2) is 24.3 Å². The molecule has 2 heteroatoms. The number of methoxy groups -OCH3 is 1. The van der Waals surface area contributed by atoms with Crippen LogP contribution in [0.3, 0.4) is 0 Å². The van der Waals surface area contributed by atoms with Crippen molar-refractivity contribution in [3.63, 3.8) is 0 Å². The third-order valence-electron chi connectivity index (χ3n) is 3.96. The Morgan fingerprint density at radius 1 is 1.12 bits per heavy atom. The molecule has 1 fully saturated rings. The van der Waals surface area contributed by atoms with Crippen molar-refractivity contribution in [1.82, 2.24) is 0 Å². The fraction of sp³-hybridized carbons (Fsp3) is 0.600. The van der Waals surface area contributed by atoms with Crippen LogP contribution < -0.4 is 4.74 Å². The fourth-order valence-electron chi connectivity index (χ4n) is 2.67. The van der Waals surface area contributed by atoms with Crippen molar-refractivity contribution in [3.8, 4) is 5.75 Å². The minimum Gasteiger partial charge on any atom is -0.497 e. The number of aliphatic hydroxyl groups is 1. The predicted molar refractivity (Wildman–Crippen MR) is 69.1 cm³/mol. The van der Waals surface area contributed by atoms with E-state index in [-0.39, 0.29) is 6.10 Å². The lowest BCUT2D eigenvalue weighted by Gasteiger charge is -2.30. The number of hydrogen-bond acceptors (Lipinski definition) is 2. The Morgan fingerprint density at radius 3 is 2.24 bits per heavy atom. The maximum atomic E-state index is 10.4. The fourth-order valence-corrected chi connectivity index (χ4v) is 2.67. The summed E-state index contributed by atoms with van der Waals surface area (Å²) in [6.07, 6.45) is 4.48. The molecule has 0 heterocycles. The predicted octanol–water partition coefficient (Wildman–Crippen LogP) is 3.55. The molecule has 0 spiro atoms. The van der Waals surface area contributed by atoms with Gasteiger partial charge in [0.15, 0.2) is 0 Å². The lowest BCUT2D eigenvalue weighted by molar-refractivity contribution is 0.0755. The molecule has 0 aliphatic heterocycles. The van der Waals surface area contributed by atoms with Gasteiger partial charge in [-0.15, -0.1) is 0 Å². The second-order valence-corrected chi connectivity index (χ2v) is 5.24. The topological polar surface area (TPSA) is 29.5 Å². The zero-order valence-electron chi connectivity index (χ0n) is 10.7. The zero-order chi connectivity index (χ0) is 12.3. The highest BCUT2D eigenvalue weighted by atomic mass is 16.5. The van der Waals surface area contributed by atoms with Gasteiger partial charge in [0.05, 0.1) is 13.2 Å². The average Bonchev–Trinajstić information content (AvgIpc) is 2.39. The van der Waals surface area contributed by atoms with Gasteiger partial charge in [-0.25, -0.2) is 0 Å². The summed E-state index contributed by atoms with van der Waals surface area (Å²) in [5.74, 6) is 2.10. The lowest BCUT2D eigenvalue weighted by Crippen LogP contribution is -2.19. The molecule has 0 amide bonds. The maximum absolute atomic E-state index is 10.4. The summed E-state index contributed by atoms with van der Waals surface area (Å²) < 4.78 is 5.13. The molecule has 0 aromatic heterocycles. The first-order chi connectivity index (χ1) is 8.20. The van der Waals surface area contributed by atoms with Crippen molar-refractivity contribution < 1.29 is 9.84 Å². The molecule has 1 N–H and O–H groups in total. The molecule has 94 valence electrons. The summed E-state index contributed by atoms with van der Waals surface area (Å²) in [6, 6.07) is 7.79. The Balaban J connectivity index is 2.00. The van der Waals surface area contributed by atoms with Crippen LogP contribution in [0.2, 0.25) is 0 Å². The van der Waals surface area contributed by atoms with Crippen LogP contribution in [-0.2, 0) is 0 Å². The van der Waals surface area contributed by atoms with Crippen LogP contribution >= 0.6 is 0 Å². The maximum Gasteiger partial charge on any atom is 0.118 e. The van der Waals surface area contributed by atoms with Crippen molar-refractivity contribution in [2.45, 2.75) is 38.7 Å². The summed E-state index contributed by atoms with van der Waals surface area (Å²) in [5.41, 5.74) is 1.02. The number of benzene rings is 1. The van der Waals surface area contributed by atoms with Gasteiger partial charge in [0.2, 0.25) is 0 Å². The van der Waals surface area contributed by atoms with Crippen LogP contribution in [0.4, 0.5) is 0 Å². The molecule has 0 bridgehead atoms. The molecule has 2 nitrogen and oxygen atoms in total. The number of aliphatic hydroxyl groups excluding tert-OH is 1. The van der Waals surface area contributed by atoms with Gasteiger partial charge in [-0.2, -0.15) is 0 Å². The van der Waals surface area contributed by atoms with E-state index in [1.54, 1.807) is 7.11 Å². The third-order valence-corrected chi connectivity index (χ3v) is 3.96. The van der Waals surface area contributed by atoms with Crippen LogP contribution in [0, 0.1) is 11.8 Å². The van der Waals surface area contributed by atoms with Crippen molar-refractivity contribution >= 4 is 0 Å². The average molecular weight is 234 g/mol. The van der Waals surface area contributed by atoms with E-state index in [1.165, 1.54) is 12.8 Å². The number of ether oxygens (including phenoxy) is 1. The van der Waals surface area contributed by atoms with E-state index in [9.17, 15) is 5.11 Å². The Labute approximate surface area is 104 Å². The van der Waals surface area contributed by atoms with Gasteiger partial charge in [0, 0.05) is 0 Å². The Kier molecular flexibility index (Phi) is 4.06. The summed E-state index contributed by atoms with van der Waals surface area (Å²) >= 11 is 0.